The summed E-state index contributed by atoms with van der Waals surface area (Å²) in [5, 5.41) is 9.22. The zero-order valence-electron chi connectivity index (χ0n) is 12.4. The monoisotopic (exact) mass is 325 g/mol. The Labute approximate surface area is 129 Å². The first kappa shape index (κ1) is 15.3. The van der Waals surface area contributed by atoms with Crippen molar-refractivity contribution in [2.75, 3.05) is 19.7 Å². The molecule has 1 aromatic carbocycles. The summed E-state index contributed by atoms with van der Waals surface area (Å²) in [7, 11) is -3.74. The van der Waals surface area contributed by atoms with Crippen LogP contribution in [0.2, 0.25) is 0 Å². The lowest BCUT2D eigenvalue weighted by Crippen LogP contribution is -2.45. The highest BCUT2D eigenvalue weighted by atomic mass is 32.2. The molecule has 22 heavy (non-hydrogen) atoms. The quantitative estimate of drug-likeness (QED) is 0.907. The van der Waals surface area contributed by atoms with Crippen LogP contribution in [0.4, 0.5) is 0 Å². The van der Waals surface area contributed by atoms with Crippen LogP contribution in [0.25, 0.3) is 0 Å². The Balaban J connectivity index is 1.96. The van der Waals surface area contributed by atoms with Crippen molar-refractivity contribution in [3.63, 3.8) is 0 Å². The van der Waals surface area contributed by atoms with Gasteiger partial charge in [0.2, 0.25) is 10.0 Å². The fourth-order valence-electron chi connectivity index (χ4n) is 3.21. The molecule has 3 rings (SSSR count). The first-order chi connectivity index (χ1) is 10.4. The standard InChI is InChI=1S/C15H19NO5S/c1-10-7-12(15(17)18)9-16(8-10)22(19,20)13-4-2-3-11-5-6-21-14(11)13/h2-4,10,12H,5-9H2,1H3,(H,17,18). The van der Waals surface area contributed by atoms with Gasteiger partial charge >= 0.3 is 5.97 Å². The van der Waals surface area contributed by atoms with Gasteiger partial charge < -0.3 is 9.84 Å². The van der Waals surface area contributed by atoms with E-state index in [0.717, 1.165) is 5.56 Å². The normalized spacial score (nSPS) is 25.5. The maximum atomic E-state index is 12.9. The molecular weight excluding hydrogens is 306 g/mol. The lowest BCUT2D eigenvalue weighted by atomic mass is 9.92. The molecule has 0 saturated carbocycles. The second-order valence-electron chi connectivity index (χ2n) is 6.04. The molecule has 1 fully saturated rings. The maximum Gasteiger partial charge on any atom is 0.307 e. The molecule has 0 aliphatic carbocycles. The molecule has 0 bridgehead atoms. The van der Waals surface area contributed by atoms with Gasteiger partial charge in [-0.2, -0.15) is 4.31 Å². The summed E-state index contributed by atoms with van der Waals surface area (Å²) < 4.78 is 32.6. The third-order valence-corrected chi connectivity index (χ3v) is 6.13. The summed E-state index contributed by atoms with van der Waals surface area (Å²) in [6, 6.07) is 5.11. The second kappa shape index (κ2) is 5.55. The second-order valence-corrected chi connectivity index (χ2v) is 7.95. The maximum absolute atomic E-state index is 12.9. The van der Waals surface area contributed by atoms with Crippen molar-refractivity contribution in [2.24, 2.45) is 11.8 Å². The molecule has 0 radical (unpaired) electrons. The van der Waals surface area contributed by atoms with Crippen molar-refractivity contribution in [2.45, 2.75) is 24.7 Å². The van der Waals surface area contributed by atoms with E-state index >= 15 is 0 Å². The minimum absolute atomic E-state index is 0.0160. The average Bonchev–Trinajstić information content (AvgIpc) is 2.94. The Morgan fingerprint density at radius 2 is 2.14 bits per heavy atom. The number of ether oxygens (including phenoxy) is 1. The molecule has 0 amide bonds. The number of piperidine rings is 1. The van der Waals surface area contributed by atoms with E-state index in [1.165, 1.54) is 10.4 Å². The van der Waals surface area contributed by atoms with E-state index in [1.54, 1.807) is 6.07 Å². The number of sulfonamides is 1. The van der Waals surface area contributed by atoms with Crippen LogP contribution < -0.4 is 4.74 Å². The van der Waals surface area contributed by atoms with E-state index in [1.807, 2.05) is 13.0 Å². The molecule has 1 saturated heterocycles. The molecule has 2 aliphatic heterocycles. The summed E-state index contributed by atoms with van der Waals surface area (Å²) in [6.07, 6.45) is 1.21. The molecule has 7 heteroatoms. The summed E-state index contributed by atoms with van der Waals surface area (Å²) in [6.45, 7) is 2.72. The Kier molecular flexibility index (Phi) is 3.86. The summed E-state index contributed by atoms with van der Waals surface area (Å²) in [4.78, 5) is 11.4. The summed E-state index contributed by atoms with van der Waals surface area (Å²) >= 11 is 0. The van der Waals surface area contributed by atoms with Gasteiger partial charge in [-0.1, -0.05) is 19.1 Å². The van der Waals surface area contributed by atoms with E-state index in [9.17, 15) is 18.3 Å². The van der Waals surface area contributed by atoms with E-state index in [-0.39, 0.29) is 17.4 Å². The van der Waals surface area contributed by atoms with Crippen LogP contribution in [0, 0.1) is 11.8 Å². The highest BCUT2D eigenvalue weighted by Gasteiger charge is 2.38. The predicted octanol–water partition coefficient (Wildman–Crippen LogP) is 1.35. The Hall–Kier alpha value is -1.60. The van der Waals surface area contributed by atoms with Gasteiger partial charge in [0.1, 0.15) is 10.6 Å². The number of carbonyl (C=O) groups is 1. The Morgan fingerprint density at radius 1 is 1.36 bits per heavy atom. The van der Waals surface area contributed by atoms with Crippen molar-refractivity contribution in [1.82, 2.24) is 4.31 Å². The number of hydrogen-bond acceptors (Lipinski definition) is 4. The first-order valence-electron chi connectivity index (χ1n) is 7.37. The molecule has 0 aromatic heterocycles. The Morgan fingerprint density at radius 3 is 2.86 bits per heavy atom. The molecular formula is C15H19NO5S. The average molecular weight is 325 g/mol. The van der Waals surface area contributed by atoms with Crippen LogP contribution in [0.5, 0.6) is 5.75 Å². The van der Waals surface area contributed by atoms with E-state index in [2.05, 4.69) is 0 Å². The SMILES string of the molecule is CC1CC(C(=O)O)CN(S(=O)(=O)c2cccc3c2OCC3)C1. The van der Waals surface area contributed by atoms with Crippen molar-refractivity contribution < 1.29 is 23.1 Å². The molecule has 2 atom stereocenters. The van der Waals surface area contributed by atoms with E-state index in [0.29, 0.717) is 31.7 Å². The van der Waals surface area contributed by atoms with Crippen molar-refractivity contribution >= 4 is 16.0 Å². The van der Waals surface area contributed by atoms with Gasteiger partial charge in [-0.05, 0) is 24.0 Å². The topological polar surface area (TPSA) is 83.9 Å². The van der Waals surface area contributed by atoms with Crippen molar-refractivity contribution in [3.05, 3.63) is 23.8 Å². The highest BCUT2D eigenvalue weighted by Crippen LogP contribution is 2.36. The van der Waals surface area contributed by atoms with Crippen LogP contribution in [-0.2, 0) is 21.2 Å². The number of para-hydroxylation sites is 1. The molecule has 2 unspecified atom stereocenters. The van der Waals surface area contributed by atoms with Gasteiger partial charge in [0, 0.05) is 19.5 Å². The summed E-state index contributed by atoms with van der Waals surface area (Å²) in [5.41, 5.74) is 0.890. The third kappa shape index (κ3) is 2.59. The number of hydrogen-bond donors (Lipinski definition) is 1. The molecule has 1 aromatic rings. The van der Waals surface area contributed by atoms with Gasteiger partial charge in [-0.25, -0.2) is 8.42 Å². The smallest absolute Gasteiger partial charge is 0.307 e. The van der Waals surface area contributed by atoms with Crippen molar-refractivity contribution in [3.8, 4) is 5.75 Å². The minimum Gasteiger partial charge on any atom is -0.492 e. The van der Waals surface area contributed by atoms with Crippen LogP contribution in [-0.4, -0.2) is 43.5 Å². The summed E-state index contributed by atoms with van der Waals surface area (Å²) in [5.74, 6) is -1.16. The largest absolute Gasteiger partial charge is 0.492 e. The lowest BCUT2D eigenvalue weighted by Gasteiger charge is -2.33. The number of rotatable bonds is 3. The van der Waals surface area contributed by atoms with Crippen LogP contribution in [0.3, 0.4) is 0 Å². The van der Waals surface area contributed by atoms with Crippen LogP contribution >= 0.6 is 0 Å². The molecule has 6 nitrogen and oxygen atoms in total. The van der Waals surface area contributed by atoms with Gasteiger partial charge in [-0.3, -0.25) is 4.79 Å². The van der Waals surface area contributed by atoms with Crippen molar-refractivity contribution in [1.29, 1.82) is 0 Å². The predicted molar refractivity (Wildman–Crippen MR) is 79.3 cm³/mol. The van der Waals surface area contributed by atoms with Crippen LogP contribution in [0.15, 0.2) is 23.1 Å². The number of nitrogens with zero attached hydrogens (tertiary/aromatic N) is 1. The van der Waals surface area contributed by atoms with Gasteiger partial charge in [-0.15, -0.1) is 0 Å². The van der Waals surface area contributed by atoms with Crippen LogP contribution in [0.1, 0.15) is 18.9 Å². The molecule has 2 aliphatic rings. The van der Waals surface area contributed by atoms with Gasteiger partial charge in [0.15, 0.2) is 0 Å². The Bertz CT molecular complexity index is 700. The van der Waals surface area contributed by atoms with Gasteiger partial charge in [0.05, 0.1) is 12.5 Å². The zero-order chi connectivity index (χ0) is 15.9. The minimum atomic E-state index is -3.74. The molecule has 1 N–H and O–H groups in total. The fourth-order valence-corrected chi connectivity index (χ4v) is 4.99. The highest BCUT2D eigenvalue weighted by molar-refractivity contribution is 7.89. The van der Waals surface area contributed by atoms with Gasteiger partial charge in [0.25, 0.3) is 0 Å². The lowest BCUT2D eigenvalue weighted by molar-refractivity contribution is -0.143. The third-order valence-electron chi connectivity index (χ3n) is 4.27. The molecule has 0 spiro atoms. The number of fused-ring (bicyclic) bond motifs is 1. The fraction of sp³-hybridized carbons (Fsp3) is 0.533. The number of aliphatic carboxylic acids is 1. The number of carboxylic acid groups (broad SMARTS) is 1. The molecule has 120 valence electrons. The van der Waals surface area contributed by atoms with E-state index in [4.69, 9.17) is 4.74 Å². The molecule has 2 heterocycles. The number of carboxylic acids is 1. The first-order valence-corrected chi connectivity index (χ1v) is 8.81. The van der Waals surface area contributed by atoms with E-state index < -0.39 is 21.9 Å². The number of benzene rings is 1. The zero-order valence-corrected chi connectivity index (χ0v) is 13.2.